The Morgan fingerprint density at radius 2 is 2.15 bits per heavy atom. The van der Waals surface area contributed by atoms with Crippen LogP contribution in [-0.2, 0) is 0 Å². The number of anilines is 1. The summed E-state index contributed by atoms with van der Waals surface area (Å²) in [5.41, 5.74) is 6.62. The van der Waals surface area contributed by atoms with E-state index in [9.17, 15) is 4.79 Å². The molecule has 72 valence electrons. The van der Waals surface area contributed by atoms with Gasteiger partial charge in [-0.1, -0.05) is 13.8 Å². The number of halogens is 1. The second kappa shape index (κ2) is 4.82. The number of nitrogens with zero attached hydrogens (tertiary/aromatic N) is 1. The Bertz CT molecular complexity index is 299. The lowest BCUT2D eigenvalue weighted by Gasteiger charge is -2.05. The third-order valence-corrected chi connectivity index (χ3v) is 1.64. The zero-order chi connectivity index (χ0) is 9.14. The quantitative estimate of drug-likeness (QED) is 0.743. The molecule has 0 aliphatic rings. The molecule has 0 spiro atoms. The van der Waals surface area contributed by atoms with Crippen molar-refractivity contribution in [2.75, 3.05) is 5.73 Å². The number of Topliss-reactive ketones (excluding diaryl/α,β-unsaturated/α-hetero) is 1. The first-order chi connectivity index (χ1) is 5.63. The summed E-state index contributed by atoms with van der Waals surface area (Å²) in [6.45, 7) is 3.68. The Morgan fingerprint density at radius 1 is 1.54 bits per heavy atom. The summed E-state index contributed by atoms with van der Waals surface area (Å²) in [5.74, 6) is 0.0112. The molecule has 0 radical (unpaired) electrons. The van der Waals surface area contributed by atoms with E-state index in [0.29, 0.717) is 11.3 Å². The molecule has 0 aliphatic heterocycles. The summed E-state index contributed by atoms with van der Waals surface area (Å²) in [7, 11) is 0. The topological polar surface area (TPSA) is 56.0 Å². The molecule has 3 nitrogen and oxygen atoms in total. The first kappa shape index (κ1) is 11.9. The van der Waals surface area contributed by atoms with Gasteiger partial charge in [-0.15, -0.1) is 12.4 Å². The minimum Gasteiger partial charge on any atom is -0.398 e. The van der Waals surface area contributed by atoms with Crippen LogP contribution in [0.2, 0.25) is 0 Å². The maximum atomic E-state index is 11.4. The van der Waals surface area contributed by atoms with Gasteiger partial charge in [0.05, 0.1) is 5.56 Å². The number of hydrogen-bond donors (Lipinski definition) is 1. The number of ketones is 1. The SMILES string of the molecule is CC(C)C(=O)c1cnccc1N.Cl. The monoisotopic (exact) mass is 200 g/mol. The normalized spacial score (nSPS) is 9.46. The van der Waals surface area contributed by atoms with Crippen molar-refractivity contribution in [3.05, 3.63) is 24.0 Å². The number of rotatable bonds is 2. The molecule has 0 fully saturated rings. The maximum absolute atomic E-state index is 11.4. The van der Waals surface area contributed by atoms with Gasteiger partial charge in [0, 0.05) is 24.0 Å². The molecule has 0 atom stereocenters. The summed E-state index contributed by atoms with van der Waals surface area (Å²) < 4.78 is 0. The summed E-state index contributed by atoms with van der Waals surface area (Å²) in [6.07, 6.45) is 3.09. The molecule has 1 aromatic heterocycles. The van der Waals surface area contributed by atoms with E-state index >= 15 is 0 Å². The fraction of sp³-hybridized carbons (Fsp3) is 0.333. The van der Waals surface area contributed by atoms with Gasteiger partial charge in [0.2, 0.25) is 0 Å². The Morgan fingerprint density at radius 3 is 2.62 bits per heavy atom. The van der Waals surface area contributed by atoms with Gasteiger partial charge >= 0.3 is 0 Å². The van der Waals surface area contributed by atoms with E-state index in [0.717, 1.165) is 0 Å². The van der Waals surface area contributed by atoms with Gasteiger partial charge in [-0.05, 0) is 6.07 Å². The van der Waals surface area contributed by atoms with Crippen molar-refractivity contribution in [3.8, 4) is 0 Å². The lowest BCUT2D eigenvalue weighted by molar-refractivity contribution is 0.0940. The Labute approximate surface area is 83.8 Å². The molecule has 0 aromatic carbocycles. The molecule has 1 aromatic rings. The standard InChI is InChI=1S/C9H12N2O.ClH/c1-6(2)9(12)7-5-11-4-3-8(7)10;/h3-6H,1-2H3,(H2,10,11);1H. The Hall–Kier alpha value is -1.09. The van der Waals surface area contributed by atoms with Crippen molar-refractivity contribution in [1.82, 2.24) is 4.98 Å². The zero-order valence-electron chi connectivity index (χ0n) is 7.65. The van der Waals surface area contributed by atoms with Crippen molar-refractivity contribution >= 4 is 23.9 Å². The fourth-order valence-electron chi connectivity index (χ4n) is 0.922. The van der Waals surface area contributed by atoms with Crippen LogP contribution in [0.4, 0.5) is 5.69 Å². The number of carbonyl (C=O) groups is 1. The largest absolute Gasteiger partial charge is 0.398 e. The van der Waals surface area contributed by atoms with Crippen molar-refractivity contribution in [2.24, 2.45) is 5.92 Å². The minimum absolute atomic E-state index is 0. The molecule has 0 bridgehead atoms. The number of aromatic nitrogens is 1. The van der Waals surface area contributed by atoms with E-state index < -0.39 is 0 Å². The third-order valence-electron chi connectivity index (χ3n) is 1.64. The number of carbonyl (C=O) groups excluding carboxylic acids is 1. The third kappa shape index (κ3) is 2.70. The average Bonchev–Trinajstić information content (AvgIpc) is 2.04. The molecule has 4 heteroatoms. The molecular formula is C9H13ClN2O. The fourth-order valence-corrected chi connectivity index (χ4v) is 0.922. The smallest absolute Gasteiger partial charge is 0.169 e. The number of nitrogen functional groups attached to an aromatic ring is 1. The van der Waals surface area contributed by atoms with E-state index in [1.807, 2.05) is 13.8 Å². The molecule has 13 heavy (non-hydrogen) atoms. The molecule has 1 rings (SSSR count). The van der Waals surface area contributed by atoms with E-state index in [-0.39, 0.29) is 24.1 Å². The highest BCUT2D eigenvalue weighted by Gasteiger charge is 2.12. The van der Waals surface area contributed by atoms with Crippen LogP contribution in [0.25, 0.3) is 0 Å². The van der Waals surface area contributed by atoms with E-state index in [1.165, 1.54) is 6.20 Å². The molecular weight excluding hydrogens is 188 g/mol. The van der Waals surface area contributed by atoms with Crippen LogP contribution in [-0.4, -0.2) is 10.8 Å². The van der Waals surface area contributed by atoms with Gasteiger partial charge in [-0.25, -0.2) is 0 Å². The lowest BCUT2D eigenvalue weighted by atomic mass is 10.0. The summed E-state index contributed by atoms with van der Waals surface area (Å²) in [6, 6.07) is 1.63. The van der Waals surface area contributed by atoms with E-state index in [4.69, 9.17) is 5.73 Å². The second-order valence-corrected chi connectivity index (χ2v) is 2.98. The molecule has 0 saturated heterocycles. The van der Waals surface area contributed by atoms with Gasteiger partial charge < -0.3 is 5.73 Å². The van der Waals surface area contributed by atoms with Gasteiger partial charge in [-0.2, -0.15) is 0 Å². The van der Waals surface area contributed by atoms with Crippen molar-refractivity contribution in [1.29, 1.82) is 0 Å². The first-order valence-corrected chi connectivity index (χ1v) is 3.86. The van der Waals surface area contributed by atoms with Crippen molar-refractivity contribution in [2.45, 2.75) is 13.8 Å². The predicted molar refractivity (Wildman–Crippen MR) is 55.1 cm³/mol. The molecule has 0 unspecified atom stereocenters. The first-order valence-electron chi connectivity index (χ1n) is 3.86. The van der Waals surface area contributed by atoms with E-state index in [2.05, 4.69) is 4.98 Å². The van der Waals surface area contributed by atoms with Gasteiger partial charge in [0.15, 0.2) is 5.78 Å². The van der Waals surface area contributed by atoms with E-state index in [1.54, 1.807) is 12.3 Å². The highest BCUT2D eigenvalue weighted by Crippen LogP contribution is 2.13. The molecule has 2 N–H and O–H groups in total. The van der Waals surface area contributed by atoms with Crippen LogP contribution in [0.3, 0.4) is 0 Å². The Kier molecular flexibility index (Phi) is 4.42. The van der Waals surface area contributed by atoms with Crippen molar-refractivity contribution < 1.29 is 4.79 Å². The molecule has 0 amide bonds. The van der Waals surface area contributed by atoms with Gasteiger partial charge in [0.25, 0.3) is 0 Å². The van der Waals surface area contributed by atoms with Gasteiger partial charge in [-0.3, -0.25) is 9.78 Å². The van der Waals surface area contributed by atoms with Crippen molar-refractivity contribution in [3.63, 3.8) is 0 Å². The molecule has 1 heterocycles. The Balaban J connectivity index is 0.00000144. The number of hydrogen-bond acceptors (Lipinski definition) is 3. The molecule has 0 saturated carbocycles. The van der Waals surface area contributed by atoms with Crippen LogP contribution in [0.1, 0.15) is 24.2 Å². The summed E-state index contributed by atoms with van der Waals surface area (Å²) in [5, 5.41) is 0. The predicted octanol–water partition coefficient (Wildman–Crippen LogP) is 1.92. The van der Waals surface area contributed by atoms with Crippen LogP contribution in [0.5, 0.6) is 0 Å². The summed E-state index contributed by atoms with van der Waals surface area (Å²) in [4.78, 5) is 15.3. The molecule has 0 aliphatic carbocycles. The number of pyridine rings is 1. The van der Waals surface area contributed by atoms with Crippen LogP contribution < -0.4 is 5.73 Å². The highest BCUT2D eigenvalue weighted by molar-refractivity contribution is 6.01. The minimum atomic E-state index is -0.0310. The number of nitrogens with two attached hydrogens (primary N) is 1. The summed E-state index contributed by atoms with van der Waals surface area (Å²) >= 11 is 0. The van der Waals surface area contributed by atoms with Crippen LogP contribution >= 0.6 is 12.4 Å². The second-order valence-electron chi connectivity index (χ2n) is 2.98. The van der Waals surface area contributed by atoms with Gasteiger partial charge in [0.1, 0.15) is 0 Å². The van der Waals surface area contributed by atoms with Crippen LogP contribution in [0.15, 0.2) is 18.5 Å². The van der Waals surface area contributed by atoms with Crippen LogP contribution in [0, 0.1) is 5.92 Å². The maximum Gasteiger partial charge on any atom is 0.169 e. The highest BCUT2D eigenvalue weighted by atomic mass is 35.5. The zero-order valence-corrected chi connectivity index (χ0v) is 8.47. The average molecular weight is 201 g/mol. The lowest BCUT2D eigenvalue weighted by Crippen LogP contribution is -2.10.